The molecule has 0 aliphatic carbocycles. The number of carbonyl (C=O) groups is 1. The number of amides is 1. The van der Waals surface area contributed by atoms with Gasteiger partial charge in [0.25, 0.3) is 0 Å². The first-order valence-electron chi connectivity index (χ1n) is 8.13. The van der Waals surface area contributed by atoms with Crippen molar-refractivity contribution in [3.63, 3.8) is 0 Å². The maximum atomic E-state index is 12.2. The molecule has 0 heterocycles. The third-order valence-corrected chi connectivity index (χ3v) is 4.40. The van der Waals surface area contributed by atoms with Gasteiger partial charge < -0.3 is 15.2 Å². The monoisotopic (exact) mass is 389 g/mol. The van der Waals surface area contributed by atoms with Gasteiger partial charge in [-0.15, -0.1) is 0 Å². The number of benzene rings is 3. The fourth-order valence-corrected chi connectivity index (χ4v) is 3.09. The van der Waals surface area contributed by atoms with Gasteiger partial charge in [0, 0.05) is 27.9 Å². The summed E-state index contributed by atoms with van der Waals surface area (Å²) in [5, 5.41) is 15.3. The van der Waals surface area contributed by atoms with Crippen LogP contribution in [-0.2, 0) is 4.79 Å². The van der Waals surface area contributed by atoms with Gasteiger partial charge in [0.1, 0.15) is 11.5 Å². The van der Waals surface area contributed by atoms with Gasteiger partial charge >= 0.3 is 0 Å². The predicted octanol–water partition coefficient (Wildman–Crippen LogP) is 5.65. The Bertz CT molecular complexity index is 943. The Hall–Kier alpha value is -2.43. The molecule has 3 rings (SSSR count). The Morgan fingerprint density at radius 1 is 1.04 bits per heavy atom. The summed E-state index contributed by atoms with van der Waals surface area (Å²) in [6.07, 6.45) is 0.848. The lowest BCUT2D eigenvalue weighted by molar-refractivity contribution is -0.116. The second-order valence-electron chi connectivity index (χ2n) is 5.75. The van der Waals surface area contributed by atoms with Crippen molar-refractivity contribution >= 4 is 45.6 Å². The zero-order valence-electron chi connectivity index (χ0n) is 13.8. The quantitative estimate of drug-likeness (QED) is 0.535. The standard InChI is InChI=1S/C20H17Cl2NO3/c21-13-9-10-19(16(22)12-13)26-11-3-8-20(25)23-17-6-1-5-15-14(17)4-2-7-18(15)24/h1-2,4-7,9-10,12,24H,3,8,11H2,(H,23,25). The minimum absolute atomic E-state index is 0.119. The normalized spacial score (nSPS) is 10.7. The summed E-state index contributed by atoms with van der Waals surface area (Å²) in [6.45, 7) is 0.366. The highest BCUT2D eigenvalue weighted by Crippen LogP contribution is 2.30. The molecule has 6 heteroatoms. The fraction of sp³-hybridized carbons (Fsp3) is 0.150. The Morgan fingerprint density at radius 2 is 1.81 bits per heavy atom. The van der Waals surface area contributed by atoms with Crippen LogP contribution in [0.1, 0.15) is 12.8 Å². The Morgan fingerprint density at radius 3 is 2.62 bits per heavy atom. The van der Waals surface area contributed by atoms with Crippen LogP contribution < -0.4 is 10.1 Å². The van der Waals surface area contributed by atoms with Gasteiger partial charge in [-0.2, -0.15) is 0 Å². The van der Waals surface area contributed by atoms with Gasteiger partial charge in [-0.1, -0.05) is 47.5 Å². The maximum absolute atomic E-state index is 12.2. The van der Waals surface area contributed by atoms with Crippen LogP contribution in [0.3, 0.4) is 0 Å². The summed E-state index contributed by atoms with van der Waals surface area (Å²) in [5.41, 5.74) is 0.671. The van der Waals surface area contributed by atoms with E-state index in [1.54, 1.807) is 36.4 Å². The number of rotatable bonds is 6. The second-order valence-corrected chi connectivity index (χ2v) is 6.60. The van der Waals surface area contributed by atoms with Gasteiger partial charge in [0.2, 0.25) is 5.91 Å². The minimum atomic E-state index is -0.119. The lowest BCUT2D eigenvalue weighted by atomic mass is 10.1. The molecule has 0 bridgehead atoms. The van der Waals surface area contributed by atoms with Gasteiger partial charge in [-0.05, 0) is 36.8 Å². The first kappa shape index (κ1) is 18.4. The Labute approximate surface area is 161 Å². The van der Waals surface area contributed by atoms with Crippen LogP contribution >= 0.6 is 23.2 Å². The zero-order chi connectivity index (χ0) is 18.5. The molecule has 26 heavy (non-hydrogen) atoms. The topological polar surface area (TPSA) is 58.6 Å². The highest BCUT2D eigenvalue weighted by atomic mass is 35.5. The molecule has 3 aromatic rings. The smallest absolute Gasteiger partial charge is 0.224 e. The van der Waals surface area contributed by atoms with E-state index in [0.29, 0.717) is 46.3 Å². The summed E-state index contributed by atoms with van der Waals surface area (Å²) >= 11 is 11.9. The number of aromatic hydroxyl groups is 1. The fourth-order valence-electron chi connectivity index (χ4n) is 2.62. The van der Waals surface area contributed by atoms with Crippen molar-refractivity contribution in [1.82, 2.24) is 0 Å². The predicted molar refractivity (Wildman–Crippen MR) is 105 cm³/mol. The molecule has 0 radical (unpaired) electrons. The highest BCUT2D eigenvalue weighted by molar-refractivity contribution is 6.35. The first-order valence-corrected chi connectivity index (χ1v) is 8.88. The lowest BCUT2D eigenvalue weighted by Crippen LogP contribution is -2.13. The molecule has 0 aromatic heterocycles. The van der Waals surface area contributed by atoms with Crippen LogP contribution in [-0.4, -0.2) is 17.6 Å². The van der Waals surface area contributed by atoms with E-state index >= 15 is 0 Å². The molecular weight excluding hydrogens is 373 g/mol. The van der Waals surface area contributed by atoms with Gasteiger partial charge in [0.05, 0.1) is 11.6 Å². The van der Waals surface area contributed by atoms with Crippen LogP contribution in [0.25, 0.3) is 10.8 Å². The molecule has 0 saturated carbocycles. The van der Waals surface area contributed by atoms with E-state index < -0.39 is 0 Å². The van der Waals surface area contributed by atoms with E-state index in [1.807, 2.05) is 18.2 Å². The van der Waals surface area contributed by atoms with Crippen molar-refractivity contribution < 1.29 is 14.6 Å². The van der Waals surface area contributed by atoms with Crippen LogP contribution in [0.15, 0.2) is 54.6 Å². The zero-order valence-corrected chi connectivity index (χ0v) is 15.3. The molecule has 0 fully saturated rings. The number of fused-ring (bicyclic) bond motifs is 1. The van der Waals surface area contributed by atoms with Crippen molar-refractivity contribution in [2.45, 2.75) is 12.8 Å². The first-order chi connectivity index (χ1) is 12.5. The molecule has 3 aromatic carbocycles. The van der Waals surface area contributed by atoms with Crippen molar-refractivity contribution in [1.29, 1.82) is 0 Å². The molecule has 134 valence electrons. The number of phenols is 1. The van der Waals surface area contributed by atoms with Crippen molar-refractivity contribution in [3.8, 4) is 11.5 Å². The van der Waals surface area contributed by atoms with Gasteiger partial charge in [0.15, 0.2) is 0 Å². The Balaban J connectivity index is 1.54. The summed E-state index contributed by atoms with van der Waals surface area (Å²) in [6, 6.07) is 15.7. The number of hydrogen-bond acceptors (Lipinski definition) is 3. The molecule has 1 amide bonds. The average Bonchev–Trinajstić information content (AvgIpc) is 2.61. The molecular formula is C20H17Cl2NO3. The maximum Gasteiger partial charge on any atom is 0.224 e. The largest absolute Gasteiger partial charge is 0.507 e. The molecule has 2 N–H and O–H groups in total. The van der Waals surface area contributed by atoms with E-state index in [2.05, 4.69) is 5.32 Å². The summed E-state index contributed by atoms with van der Waals surface area (Å²) in [5.74, 6) is 0.611. The number of halogens is 2. The third kappa shape index (κ3) is 4.40. The van der Waals surface area contributed by atoms with Gasteiger partial charge in [-0.25, -0.2) is 0 Å². The van der Waals surface area contributed by atoms with Crippen molar-refractivity contribution in [2.24, 2.45) is 0 Å². The van der Waals surface area contributed by atoms with Crippen LogP contribution in [0.2, 0.25) is 10.0 Å². The van der Waals surface area contributed by atoms with E-state index in [1.165, 1.54) is 0 Å². The van der Waals surface area contributed by atoms with Crippen molar-refractivity contribution in [3.05, 3.63) is 64.6 Å². The molecule has 0 saturated heterocycles. The van der Waals surface area contributed by atoms with Crippen LogP contribution in [0.4, 0.5) is 5.69 Å². The summed E-state index contributed by atoms with van der Waals surface area (Å²) in [4.78, 5) is 12.2. The van der Waals surface area contributed by atoms with E-state index in [-0.39, 0.29) is 11.7 Å². The number of hydrogen-bond donors (Lipinski definition) is 2. The second kappa shape index (κ2) is 8.30. The number of anilines is 1. The average molecular weight is 390 g/mol. The SMILES string of the molecule is O=C(CCCOc1ccc(Cl)cc1Cl)Nc1cccc2c(O)cccc12. The van der Waals surface area contributed by atoms with Crippen LogP contribution in [0.5, 0.6) is 11.5 Å². The summed E-state index contributed by atoms with van der Waals surface area (Å²) in [7, 11) is 0. The molecule has 0 unspecified atom stereocenters. The number of carbonyl (C=O) groups excluding carboxylic acids is 1. The Kier molecular flexibility index (Phi) is 5.86. The number of nitrogens with one attached hydrogen (secondary N) is 1. The third-order valence-electron chi connectivity index (χ3n) is 3.87. The summed E-state index contributed by atoms with van der Waals surface area (Å²) < 4.78 is 5.57. The van der Waals surface area contributed by atoms with Crippen LogP contribution in [0, 0.1) is 0 Å². The van der Waals surface area contributed by atoms with E-state index in [0.717, 1.165) is 5.39 Å². The van der Waals surface area contributed by atoms with E-state index in [4.69, 9.17) is 27.9 Å². The number of ether oxygens (including phenoxy) is 1. The molecule has 0 aliphatic heterocycles. The lowest BCUT2D eigenvalue weighted by Gasteiger charge is -2.10. The van der Waals surface area contributed by atoms with Crippen molar-refractivity contribution in [2.75, 3.05) is 11.9 Å². The van der Waals surface area contributed by atoms with E-state index in [9.17, 15) is 9.90 Å². The molecule has 4 nitrogen and oxygen atoms in total. The molecule has 0 atom stereocenters. The minimum Gasteiger partial charge on any atom is -0.507 e. The highest BCUT2D eigenvalue weighted by Gasteiger charge is 2.08. The number of phenolic OH excluding ortho intramolecular Hbond substituents is 1. The molecule has 0 spiro atoms. The van der Waals surface area contributed by atoms with Gasteiger partial charge in [-0.3, -0.25) is 4.79 Å². The molecule has 0 aliphatic rings.